The van der Waals surface area contributed by atoms with Gasteiger partial charge in [0.25, 0.3) is 11.6 Å². The Balaban J connectivity index is 2.21. The molecule has 2 N–H and O–H groups in total. The maximum Gasteiger partial charge on any atom is 0.329 e. The number of hydrogen-bond donors (Lipinski definition) is 2. The molecule has 1 unspecified atom stereocenters. The van der Waals surface area contributed by atoms with Crippen LogP contribution in [0.25, 0.3) is 0 Å². The number of benzene rings is 1. The minimum Gasteiger partial charge on any atom is -0.480 e. The summed E-state index contributed by atoms with van der Waals surface area (Å²) in [7, 11) is 0. The monoisotopic (exact) mass is 278 g/mol. The van der Waals surface area contributed by atoms with Gasteiger partial charge in [-0.25, -0.2) is 4.79 Å². The number of hydrogen-bond acceptors (Lipinski definition) is 4. The highest BCUT2D eigenvalue weighted by Gasteiger charge is 2.48. The third kappa shape index (κ3) is 2.61. The van der Waals surface area contributed by atoms with Crippen molar-refractivity contribution >= 4 is 17.6 Å². The molecule has 1 atom stereocenters. The van der Waals surface area contributed by atoms with Crippen molar-refractivity contribution in [2.24, 2.45) is 5.92 Å². The molecule has 106 valence electrons. The Kier molecular flexibility index (Phi) is 3.44. The van der Waals surface area contributed by atoms with Gasteiger partial charge in [0.1, 0.15) is 5.54 Å². The number of aliphatic carboxylic acids is 1. The lowest BCUT2D eigenvalue weighted by molar-refractivity contribution is -0.384. The molecule has 0 saturated heterocycles. The first-order valence-corrected chi connectivity index (χ1v) is 6.15. The van der Waals surface area contributed by atoms with Crippen LogP contribution in [-0.4, -0.2) is 27.4 Å². The second-order valence-electron chi connectivity index (χ2n) is 5.04. The van der Waals surface area contributed by atoms with Crippen molar-refractivity contribution in [2.75, 3.05) is 0 Å². The summed E-state index contributed by atoms with van der Waals surface area (Å²) >= 11 is 0. The first-order chi connectivity index (χ1) is 9.34. The normalized spacial score (nSPS) is 17.1. The Morgan fingerprint density at radius 1 is 1.45 bits per heavy atom. The van der Waals surface area contributed by atoms with Crippen molar-refractivity contribution in [3.8, 4) is 0 Å². The van der Waals surface area contributed by atoms with Crippen LogP contribution in [0.3, 0.4) is 0 Å². The van der Waals surface area contributed by atoms with E-state index in [0.29, 0.717) is 0 Å². The molecule has 1 saturated carbocycles. The number of carboxylic acids is 1. The lowest BCUT2D eigenvalue weighted by atomic mass is 9.95. The van der Waals surface area contributed by atoms with Gasteiger partial charge in [-0.3, -0.25) is 14.9 Å². The molecule has 0 heterocycles. The second-order valence-corrected chi connectivity index (χ2v) is 5.04. The van der Waals surface area contributed by atoms with Gasteiger partial charge in [-0.1, -0.05) is 6.07 Å². The van der Waals surface area contributed by atoms with Crippen LogP contribution in [0, 0.1) is 16.0 Å². The molecule has 0 bridgehead atoms. The van der Waals surface area contributed by atoms with Crippen LogP contribution < -0.4 is 5.32 Å². The average molecular weight is 278 g/mol. The molecule has 0 aromatic heterocycles. The van der Waals surface area contributed by atoms with Gasteiger partial charge >= 0.3 is 5.97 Å². The fraction of sp³-hybridized carbons (Fsp3) is 0.385. The van der Waals surface area contributed by atoms with Crippen LogP contribution >= 0.6 is 0 Å². The van der Waals surface area contributed by atoms with Crippen molar-refractivity contribution in [3.63, 3.8) is 0 Å². The Hall–Kier alpha value is -2.44. The van der Waals surface area contributed by atoms with Crippen molar-refractivity contribution < 1.29 is 19.6 Å². The van der Waals surface area contributed by atoms with Gasteiger partial charge in [0.15, 0.2) is 0 Å². The number of carbonyl (C=O) groups excluding carboxylic acids is 1. The maximum atomic E-state index is 12.1. The van der Waals surface area contributed by atoms with Gasteiger partial charge in [0.05, 0.1) is 4.92 Å². The van der Waals surface area contributed by atoms with Gasteiger partial charge < -0.3 is 10.4 Å². The van der Waals surface area contributed by atoms with E-state index in [9.17, 15) is 24.8 Å². The van der Waals surface area contributed by atoms with Gasteiger partial charge in [-0.2, -0.15) is 0 Å². The highest BCUT2D eigenvalue weighted by molar-refractivity contribution is 5.98. The van der Waals surface area contributed by atoms with E-state index in [-0.39, 0.29) is 17.2 Å². The summed E-state index contributed by atoms with van der Waals surface area (Å²) in [5.41, 5.74) is -1.46. The van der Waals surface area contributed by atoms with Crippen LogP contribution in [0.5, 0.6) is 0 Å². The fourth-order valence-electron chi connectivity index (χ4n) is 2.06. The summed E-state index contributed by atoms with van der Waals surface area (Å²) in [6, 6.07) is 5.21. The molecule has 1 amide bonds. The Bertz CT molecular complexity index is 582. The van der Waals surface area contributed by atoms with E-state index in [1.807, 2.05) is 0 Å². The molecule has 20 heavy (non-hydrogen) atoms. The number of nitrogens with zero attached hydrogens (tertiary/aromatic N) is 1. The Labute approximate surface area is 114 Å². The predicted octanol–water partition coefficient (Wildman–Crippen LogP) is 1.58. The number of nitrogens with one attached hydrogen (secondary N) is 1. The minimum atomic E-state index is -1.33. The first-order valence-electron chi connectivity index (χ1n) is 6.15. The number of amides is 1. The van der Waals surface area contributed by atoms with Crippen molar-refractivity contribution in [1.29, 1.82) is 0 Å². The third-order valence-electron chi connectivity index (χ3n) is 3.53. The van der Waals surface area contributed by atoms with Gasteiger partial charge in [-0.15, -0.1) is 0 Å². The first kappa shape index (κ1) is 14.0. The molecule has 1 aliphatic carbocycles. The molecular weight excluding hydrogens is 264 g/mol. The lowest BCUT2D eigenvalue weighted by Crippen LogP contribution is -2.54. The standard InChI is InChI=1S/C13H14N2O5/c1-13(12(17)18,9-5-6-9)14-11(16)8-3-2-4-10(7-8)15(19)20/h2-4,7,9H,5-6H2,1H3,(H,14,16)(H,17,18). The molecule has 0 radical (unpaired) electrons. The zero-order chi connectivity index (χ0) is 14.9. The average Bonchev–Trinajstić information content (AvgIpc) is 3.23. The molecule has 0 spiro atoms. The van der Waals surface area contributed by atoms with E-state index >= 15 is 0 Å². The topological polar surface area (TPSA) is 110 Å². The van der Waals surface area contributed by atoms with Gasteiger partial charge in [0, 0.05) is 17.7 Å². The van der Waals surface area contributed by atoms with Crippen LogP contribution in [0.15, 0.2) is 24.3 Å². The zero-order valence-corrected chi connectivity index (χ0v) is 10.8. The van der Waals surface area contributed by atoms with Crippen molar-refractivity contribution in [2.45, 2.75) is 25.3 Å². The van der Waals surface area contributed by atoms with E-state index in [0.717, 1.165) is 18.9 Å². The van der Waals surface area contributed by atoms with Crippen LogP contribution in [0.4, 0.5) is 5.69 Å². The summed E-state index contributed by atoms with van der Waals surface area (Å²) in [6.45, 7) is 1.46. The van der Waals surface area contributed by atoms with Crippen molar-refractivity contribution in [3.05, 3.63) is 39.9 Å². The molecule has 7 nitrogen and oxygen atoms in total. The van der Waals surface area contributed by atoms with Crippen molar-refractivity contribution in [1.82, 2.24) is 5.32 Å². The second kappa shape index (κ2) is 4.92. The summed E-state index contributed by atoms with van der Waals surface area (Å²) in [6.07, 6.45) is 1.50. The lowest BCUT2D eigenvalue weighted by Gasteiger charge is -2.26. The number of nitro groups is 1. The number of carbonyl (C=O) groups is 2. The molecule has 7 heteroatoms. The highest BCUT2D eigenvalue weighted by atomic mass is 16.6. The maximum absolute atomic E-state index is 12.1. The van der Waals surface area contributed by atoms with Crippen LogP contribution in [0.2, 0.25) is 0 Å². The molecular formula is C13H14N2O5. The molecule has 2 rings (SSSR count). The summed E-state index contributed by atoms with van der Waals surface area (Å²) < 4.78 is 0. The minimum absolute atomic E-state index is 0.0762. The molecule has 1 aromatic rings. The SMILES string of the molecule is CC(NC(=O)c1cccc([N+](=O)[O-])c1)(C(=O)O)C1CC1. The highest BCUT2D eigenvalue weighted by Crippen LogP contribution is 2.39. The number of rotatable bonds is 5. The van der Waals surface area contributed by atoms with E-state index in [1.165, 1.54) is 25.1 Å². The summed E-state index contributed by atoms with van der Waals surface area (Å²) in [5.74, 6) is -1.81. The predicted molar refractivity (Wildman–Crippen MR) is 69.3 cm³/mol. The third-order valence-corrected chi connectivity index (χ3v) is 3.53. The summed E-state index contributed by atoms with van der Waals surface area (Å²) in [5, 5.41) is 22.4. The van der Waals surface area contributed by atoms with Crippen LogP contribution in [-0.2, 0) is 4.79 Å². The molecule has 1 aliphatic rings. The molecule has 0 aliphatic heterocycles. The number of nitro benzene ring substituents is 1. The number of carboxylic acid groups (broad SMARTS) is 1. The number of non-ortho nitro benzene ring substituents is 1. The zero-order valence-electron chi connectivity index (χ0n) is 10.8. The van der Waals surface area contributed by atoms with Crippen LogP contribution in [0.1, 0.15) is 30.1 Å². The fourth-order valence-corrected chi connectivity index (χ4v) is 2.06. The summed E-state index contributed by atoms with van der Waals surface area (Å²) in [4.78, 5) is 33.5. The molecule has 1 aromatic carbocycles. The van der Waals surface area contributed by atoms with Gasteiger partial charge in [0.2, 0.25) is 0 Å². The Morgan fingerprint density at radius 3 is 2.60 bits per heavy atom. The van der Waals surface area contributed by atoms with E-state index in [1.54, 1.807) is 0 Å². The largest absolute Gasteiger partial charge is 0.480 e. The smallest absolute Gasteiger partial charge is 0.329 e. The van der Waals surface area contributed by atoms with Gasteiger partial charge in [-0.05, 0) is 31.7 Å². The Morgan fingerprint density at radius 2 is 2.10 bits per heavy atom. The van der Waals surface area contributed by atoms with E-state index in [4.69, 9.17) is 0 Å². The van der Waals surface area contributed by atoms with E-state index in [2.05, 4.69) is 5.32 Å². The molecule has 1 fully saturated rings. The quantitative estimate of drug-likeness (QED) is 0.627. The van der Waals surface area contributed by atoms with E-state index < -0.39 is 22.3 Å².